The van der Waals surface area contributed by atoms with Gasteiger partial charge in [-0.25, -0.2) is 0 Å². The Labute approximate surface area is 98.9 Å². The second-order valence-corrected chi connectivity index (χ2v) is 4.87. The lowest BCUT2D eigenvalue weighted by Crippen LogP contribution is -2.45. The number of aliphatic hydroxyl groups excluding tert-OH is 1. The third kappa shape index (κ3) is 1.39. The van der Waals surface area contributed by atoms with Crippen LogP contribution in [0, 0.1) is 0 Å². The zero-order valence-electron chi connectivity index (χ0n) is 9.00. The van der Waals surface area contributed by atoms with Gasteiger partial charge in [-0.1, -0.05) is 11.6 Å². The van der Waals surface area contributed by atoms with Gasteiger partial charge in [-0.3, -0.25) is 0 Å². The van der Waals surface area contributed by atoms with Crippen LogP contribution in [0.2, 0.25) is 5.02 Å². The molecule has 1 saturated carbocycles. The summed E-state index contributed by atoms with van der Waals surface area (Å²) in [5, 5.41) is 10.1. The van der Waals surface area contributed by atoms with Crippen molar-refractivity contribution < 1.29 is 14.6 Å². The molecule has 2 aliphatic rings. The predicted molar refractivity (Wildman–Crippen MR) is 59.9 cm³/mol. The summed E-state index contributed by atoms with van der Waals surface area (Å²) in [5.41, 5.74) is 0.681. The molecule has 1 atom stereocenters. The van der Waals surface area contributed by atoms with Gasteiger partial charge in [0.15, 0.2) is 11.5 Å². The van der Waals surface area contributed by atoms with Gasteiger partial charge >= 0.3 is 0 Å². The molecule has 3 nitrogen and oxygen atoms in total. The van der Waals surface area contributed by atoms with Crippen molar-refractivity contribution in [1.29, 1.82) is 0 Å². The van der Waals surface area contributed by atoms with Crippen molar-refractivity contribution in [3.63, 3.8) is 0 Å². The maximum Gasteiger partial charge on any atom is 0.251 e. The highest BCUT2D eigenvalue weighted by atomic mass is 35.5. The fraction of sp³-hybridized carbons (Fsp3) is 0.500. The lowest BCUT2D eigenvalue weighted by atomic mass is 9.91. The molecule has 1 aliphatic carbocycles. The summed E-state index contributed by atoms with van der Waals surface area (Å²) in [6.45, 7) is 1.68. The monoisotopic (exact) mass is 240 g/mol. The molecule has 1 aromatic rings. The van der Waals surface area contributed by atoms with Crippen molar-refractivity contribution in [3.8, 4) is 11.5 Å². The highest BCUT2D eigenvalue weighted by Crippen LogP contribution is 2.50. The van der Waals surface area contributed by atoms with Gasteiger partial charge in [0.25, 0.3) is 5.79 Å². The van der Waals surface area contributed by atoms with E-state index in [1.165, 1.54) is 0 Å². The van der Waals surface area contributed by atoms with Crippen LogP contribution in [-0.4, -0.2) is 10.9 Å². The summed E-state index contributed by atoms with van der Waals surface area (Å²) in [6, 6.07) is 3.50. The third-order valence-electron chi connectivity index (χ3n) is 3.22. The van der Waals surface area contributed by atoms with Gasteiger partial charge in [-0.2, -0.15) is 0 Å². The molecule has 4 heteroatoms. The van der Waals surface area contributed by atoms with Crippen LogP contribution in [0.1, 0.15) is 37.9 Å². The molecule has 16 heavy (non-hydrogen) atoms. The Bertz CT molecular complexity index is 438. The number of aliphatic hydroxyl groups is 1. The topological polar surface area (TPSA) is 38.7 Å². The summed E-state index contributed by atoms with van der Waals surface area (Å²) in [6.07, 6.45) is 2.37. The van der Waals surface area contributed by atoms with Crippen molar-refractivity contribution in [1.82, 2.24) is 0 Å². The normalized spacial score (nSPS) is 21.9. The van der Waals surface area contributed by atoms with Crippen molar-refractivity contribution in [2.45, 2.75) is 38.1 Å². The third-order valence-corrected chi connectivity index (χ3v) is 3.55. The Hall–Kier alpha value is -0.930. The first-order valence-electron chi connectivity index (χ1n) is 5.49. The van der Waals surface area contributed by atoms with Gasteiger partial charge in [0.2, 0.25) is 0 Å². The number of ether oxygens (including phenoxy) is 2. The first kappa shape index (κ1) is 10.2. The van der Waals surface area contributed by atoms with Crippen LogP contribution in [0.3, 0.4) is 0 Å². The number of hydrogen-bond donors (Lipinski definition) is 1. The molecule has 3 rings (SSSR count). The minimum absolute atomic E-state index is 0.441. The smallest absolute Gasteiger partial charge is 0.251 e. The second kappa shape index (κ2) is 3.28. The van der Waals surface area contributed by atoms with E-state index in [0.717, 1.165) is 19.3 Å². The average molecular weight is 241 g/mol. The molecule has 1 aliphatic heterocycles. The molecule has 1 unspecified atom stereocenters. The Balaban J connectivity index is 1.99. The first-order valence-corrected chi connectivity index (χ1v) is 5.87. The predicted octanol–water partition coefficient (Wildman–Crippen LogP) is 3.04. The molecular weight excluding hydrogens is 228 g/mol. The number of rotatable bonds is 1. The maximum atomic E-state index is 9.56. The molecule has 0 aromatic heterocycles. The summed E-state index contributed by atoms with van der Waals surface area (Å²) < 4.78 is 11.5. The quantitative estimate of drug-likeness (QED) is 0.820. The fourth-order valence-electron chi connectivity index (χ4n) is 2.12. The maximum absolute atomic E-state index is 9.56. The standard InChI is InChI=1S/C12H13ClO3/c1-7(14)8-5-10-11(6-9(8)13)16-12(15-10)3-2-4-12/h5-7,14H,2-4H2,1H3. The van der Waals surface area contributed by atoms with Gasteiger partial charge in [0.1, 0.15) is 0 Å². The minimum Gasteiger partial charge on any atom is -0.448 e. The Morgan fingerprint density at radius 3 is 2.44 bits per heavy atom. The number of benzene rings is 1. The molecule has 0 radical (unpaired) electrons. The number of hydrogen-bond acceptors (Lipinski definition) is 3. The summed E-state index contributed by atoms with van der Waals surface area (Å²) in [4.78, 5) is 0. The number of halogens is 1. The van der Waals surface area contributed by atoms with Crippen LogP contribution < -0.4 is 9.47 Å². The van der Waals surface area contributed by atoms with E-state index in [9.17, 15) is 5.11 Å². The van der Waals surface area contributed by atoms with Gasteiger partial charge in [-0.05, 0) is 19.4 Å². The zero-order valence-corrected chi connectivity index (χ0v) is 9.75. The van der Waals surface area contributed by atoms with E-state index in [1.54, 1.807) is 19.1 Å². The van der Waals surface area contributed by atoms with Crippen LogP contribution in [0.25, 0.3) is 0 Å². The highest BCUT2D eigenvalue weighted by molar-refractivity contribution is 6.31. The van der Waals surface area contributed by atoms with E-state index in [1.807, 2.05) is 0 Å². The van der Waals surface area contributed by atoms with Crippen molar-refractivity contribution in [2.75, 3.05) is 0 Å². The van der Waals surface area contributed by atoms with E-state index in [4.69, 9.17) is 21.1 Å². The van der Waals surface area contributed by atoms with E-state index < -0.39 is 11.9 Å². The van der Waals surface area contributed by atoms with Gasteiger partial charge < -0.3 is 14.6 Å². The molecule has 1 heterocycles. The van der Waals surface area contributed by atoms with Crippen molar-refractivity contribution >= 4 is 11.6 Å². The molecule has 1 spiro atoms. The zero-order chi connectivity index (χ0) is 11.3. The average Bonchev–Trinajstić information content (AvgIpc) is 2.54. The van der Waals surface area contributed by atoms with Gasteiger partial charge in [0.05, 0.1) is 11.1 Å². The van der Waals surface area contributed by atoms with Crippen LogP contribution >= 0.6 is 11.6 Å². The lowest BCUT2D eigenvalue weighted by Gasteiger charge is -2.35. The van der Waals surface area contributed by atoms with Gasteiger partial charge in [-0.15, -0.1) is 0 Å². The summed E-state index contributed by atoms with van der Waals surface area (Å²) >= 11 is 6.06. The van der Waals surface area contributed by atoms with Crippen LogP contribution in [-0.2, 0) is 0 Å². The van der Waals surface area contributed by atoms with Gasteiger partial charge in [0, 0.05) is 24.5 Å². The van der Waals surface area contributed by atoms with Crippen LogP contribution in [0.15, 0.2) is 12.1 Å². The van der Waals surface area contributed by atoms with Crippen LogP contribution in [0.5, 0.6) is 11.5 Å². The van der Waals surface area contributed by atoms with Crippen LogP contribution in [0.4, 0.5) is 0 Å². The van der Waals surface area contributed by atoms with E-state index in [0.29, 0.717) is 22.1 Å². The molecule has 1 fully saturated rings. The molecule has 0 saturated heterocycles. The molecule has 86 valence electrons. The van der Waals surface area contributed by atoms with E-state index >= 15 is 0 Å². The number of fused-ring (bicyclic) bond motifs is 1. The molecular formula is C12H13ClO3. The fourth-order valence-corrected chi connectivity index (χ4v) is 2.43. The highest BCUT2D eigenvalue weighted by Gasteiger charge is 2.47. The largest absolute Gasteiger partial charge is 0.448 e. The molecule has 1 N–H and O–H groups in total. The van der Waals surface area contributed by atoms with E-state index in [2.05, 4.69) is 0 Å². The van der Waals surface area contributed by atoms with Crippen molar-refractivity contribution in [3.05, 3.63) is 22.7 Å². The summed E-state index contributed by atoms with van der Waals surface area (Å²) in [5.74, 6) is 0.942. The Morgan fingerprint density at radius 1 is 1.31 bits per heavy atom. The van der Waals surface area contributed by atoms with E-state index in [-0.39, 0.29) is 0 Å². The second-order valence-electron chi connectivity index (χ2n) is 4.46. The molecule has 1 aromatic carbocycles. The molecule has 0 amide bonds. The summed E-state index contributed by atoms with van der Waals surface area (Å²) in [7, 11) is 0. The minimum atomic E-state index is -0.598. The molecule has 0 bridgehead atoms. The SMILES string of the molecule is CC(O)c1cc2c(cc1Cl)OC1(CCC1)O2. The van der Waals surface area contributed by atoms with Crippen molar-refractivity contribution in [2.24, 2.45) is 0 Å². The first-order chi connectivity index (χ1) is 7.60. The Kier molecular flexibility index (Phi) is 2.10. The lowest BCUT2D eigenvalue weighted by molar-refractivity contribution is -0.138. The Morgan fingerprint density at radius 2 is 1.94 bits per heavy atom.